The molecule has 1 heterocycles. The molecule has 0 aliphatic heterocycles. The van der Waals surface area contributed by atoms with E-state index in [2.05, 4.69) is 58.0 Å². The fraction of sp³-hybridized carbons (Fsp3) is 0.348. The number of nitrogens with one attached hydrogen (secondary N) is 3. The quantitative estimate of drug-likeness (QED) is 0.306. The van der Waals surface area contributed by atoms with Crippen molar-refractivity contribution in [3.8, 4) is 11.5 Å². The normalized spacial score (nSPS) is 12.6. The monoisotopic (exact) mass is 394 g/mol. The Morgan fingerprint density at radius 3 is 2.72 bits per heavy atom. The fourth-order valence-corrected chi connectivity index (χ4v) is 3.48. The molecule has 1 aromatic heterocycles. The summed E-state index contributed by atoms with van der Waals surface area (Å²) in [6.07, 6.45) is 4.13. The molecule has 3 rings (SSSR count). The standard InChI is InChI=1S/C23H30N4O2/c1-16(20-14-18(28-3)11-12-22(20)29-4)27-23(24-2)25-13-7-8-17-15-26-21-10-6-5-9-19(17)21/h5-6,9-12,14-16,26H,7-8,13H2,1-4H3,(H2,24,25,27). The van der Waals surface area contributed by atoms with Crippen molar-refractivity contribution in [3.63, 3.8) is 0 Å². The average Bonchev–Trinajstić information content (AvgIpc) is 3.18. The van der Waals surface area contributed by atoms with Crippen LogP contribution < -0.4 is 20.1 Å². The van der Waals surface area contributed by atoms with Gasteiger partial charge in [0.1, 0.15) is 11.5 Å². The molecule has 6 nitrogen and oxygen atoms in total. The number of guanidine groups is 1. The van der Waals surface area contributed by atoms with Crippen LogP contribution in [0, 0.1) is 0 Å². The van der Waals surface area contributed by atoms with Crippen LogP contribution in [0.25, 0.3) is 10.9 Å². The fourth-order valence-electron chi connectivity index (χ4n) is 3.48. The molecule has 1 atom stereocenters. The molecule has 0 fully saturated rings. The van der Waals surface area contributed by atoms with Crippen molar-refractivity contribution in [3.05, 3.63) is 59.8 Å². The minimum absolute atomic E-state index is 0.0138. The second-order valence-corrected chi connectivity index (χ2v) is 6.94. The van der Waals surface area contributed by atoms with Crippen molar-refractivity contribution < 1.29 is 9.47 Å². The van der Waals surface area contributed by atoms with E-state index < -0.39 is 0 Å². The van der Waals surface area contributed by atoms with E-state index >= 15 is 0 Å². The first-order chi connectivity index (χ1) is 14.2. The number of fused-ring (bicyclic) bond motifs is 1. The number of methoxy groups -OCH3 is 2. The van der Waals surface area contributed by atoms with Gasteiger partial charge in [-0.15, -0.1) is 0 Å². The SMILES string of the molecule is CN=C(NCCCc1c[nH]c2ccccc12)NC(C)c1cc(OC)ccc1OC. The van der Waals surface area contributed by atoms with Crippen LogP contribution in [0.3, 0.4) is 0 Å². The van der Waals surface area contributed by atoms with Crippen LogP contribution in [-0.2, 0) is 6.42 Å². The highest BCUT2D eigenvalue weighted by atomic mass is 16.5. The molecule has 1 unspecified atom stereocenters. The predicted octanol–water partition coefficient (Wildman–Crippen LogP) is 4.04. The first-order valence-corrected chi connectivity index (χ1v) is 9.90. The zero-order chi connectivity index (χ0) is 20.6. The number of H-pyrrole nitrogens is 1. The number of hydrogen-bond acceptors (Lipinski definition) is 3. The van der Waals surface area contributed by atoms with Gasteiger partial charge >= 0.3 is 0 Å². The highest BCUT2D eigenvalue weighted by Crippen LogP contribution is 2.29. The van der Waals surface area contributed by atoms with Gasteiger partial charge in [0.25, 0.3) is 0 Å². The third-order valence-electron chi connectivity index (χ3n) is 5.07. The first kappa shape index (κ1) is 20.6. The number of benzene rings is 2. The van der Waals surface area contributed by atoms with Gasteiger partial charge in [-0.2, -0.15) is 0 Å². The van der Waals surface area contributed by atoms with Crippen molar-refractivity contribution in [2.75, 3.05) is 27.8 Å². The summed E-state index contributed by atoms with van der Waals surface area (Å²) in [6.45, 7) is 2.91. The molecule has 3 aromatic rings. The Morgan fingerprint density at radius 1 is 1.14 bits per heavy atom. The Bertz CT molecular complexity index is 964. The molecule has 6 heteroatoms. The van der Waals surface area contributed by atoms with E-state index in [0.717, 1.165) is 42.4 Å². The van der Waals surface area contributed by atoms with E-state index in [0.29, 0.717) is 0 Å². The van der Waals surface area contributed by atoms with Crippen molar-refractivity contribution in [2.24, 2.45) is 4.99 Å². The smallest absolute Gasteiger partial charge is 0.191 e. The molecule has 0 spiro atoms. The Hall–Kier alpha value is -3.15. The molecule has 0 aliphatic carbocycles. The van der Waals surface area contributed by atoms with Crippen LogP contribution in [0.15, 0.2) is 53.7 Å². The van der Waals surface area contributed by atoms with Gasteiger partial charge in [-0.1, -0.05) is 18.2 Å². The van der Waals surface area contributed by atoms with Crippen LogP contribution in [0.2, 0.25) is 0 Å². The molecule has 0 bridgehead atoms. The van der Waals surface area contributed by atoms with E-state index in [1.54, 1.807) is 21.3 Å². The minimum atomic E-state index is 0.0138. The number of nitrogens with zero attached hydrogens (tertiary/aromatic N) is 1. The molecule has 29 heavy (non-hydrogen) atoms. The maximum atomic E-state index is 5.50. The van der Waals surface area contributed by atoms with Gasteiger partial charge in [0.15, 0.2) is 5.96 Å². The first-order valence-electron chi connectivity index (χ1n) is 9.90. The Balaban J connectivity index is 1.54. The third kappa shape index (κ3) is 5.02. The highest BCUT2D eigenvalue weighted by molar-refractivity contribution is 5.83. The molecule has 0 amide bonds. The second kappa shape index (κ2) is 9.87. The van der Waals surface area contributed by atoms with Gasteiger partial charge in [-0.25, -0.2) is 0 Å². The summed E-state index contributed by atoms with van der Waals surface area (Å²) >= 11 is 0. The average molecular weight is 395 g/mol. The number of para-hydroxylation sites is 1. The van der Waals surface area contributed by atoms with Crippen LogP contribution in [0.5, 0.6) is 11.5 Å². The van der Waals surface area contributed by atoms with E-state index in [-0.39, 0.29) is 6.04 Å². The summed E-state index contributed by atoms with van der Waals surface area (Å²) < 4.78 is 10.8. The molecule has 154 valence electrons. The number of aliphatic imine (C=N–C) groups is 1. The van der Waals surface area contributed by atoms with Gasteiger partial charge in [0.2, 0.25) is 0 Å². The third-order valence-corrected chi connectivity index (χ3v) is 5.07. The van der Waals surface area contributed by atoms with E-state index in [9.17, 15) is 0 Å². The zero-order valence-electron chi connectivity index (χ0n) is 17.6. The Morgan fingerprint density at radius 2 is 1.97 bits per heavy atom. The topological polar surface area (TPSA) is 70.7 Å². The Kier molecular flexibility index (Phi) is 7.00. The van der Waals surface area contributed by atoms with E-state index in [4.69, 9.17) is 9.47 Å². The lowest BCUT2D eigenvalue weighted by molar-refractivity contribution is 0.394. The number of aryl methyl sites for hydroxylation is 1. The summed E-state index contributed by atoms with van der Waals surface area (Å²) in [4.78, 5) is 7.69. The molecule has 0 saturated heterocycles. The lowest BCUT2D eigenvalue weighted by atomic mass is 10.1. The van der Waals surface area contributed by atoms with E-state index in [1.807, 2.05) is 18.2 Å². The lowest BCUT2D eigenvalue weighted by Crippen LogP contribution is -2.39. The van der Waals surface area contributed by atoms with Crippen molar-refractivity contribution >= 4 is 16.9 Å². The van der Waals surface area contributed by atoms with Gasteiger partial charge in [0.05, 0.1) is 20.3 Å². The molecular weight excluding hydrogens is 364 g/mol. The van der Waals surface area contributed by atoms with Crippen molar-refractivity contribution in [2.45, 2.75) is 25.8 Å². The van der Waals surface area contributed by atoms with Crippen molar-refractivity contribution in [1.82, 2.24) is 15.6 Å². The van der Waals surface area contributed by atoms with E-state index in [1.165, 1.54) is 16.5 Å². The molecule has 0 aliphatic rings. The van der Waals surface area contributed by atoms with Gasteiger partial charge in [-0.05, 0) is 49.6 Å². The van der Waals surface area contributed by atoms with Gasteiger partial charge in [0, 0.05) is 36.3 Å². The molecule has 2 aromatic carbocycles. The number of aromatic amines is 1. The molecule has 0 radical (unpaired) electrons. The number of rotatable bonds is 8. The predicted molar refractivity (Wildman–Crippen MR) is 119 cm³/mol. The summed E-state index contributed by atoms with van der Waals surface area (Å²) in [5.74, 6) is 2.39. The number of aromatic nitrogens is 1. The summed E-state index contributed by atoms with van der Waals surface area (Å²) in [7, 11) is 5.12. The maximum Gasteiger partial charge on any atom is 0.191 e. The lowest BCUT2D eigenvalue weighted by Gasteiger charge is -2.20. The summed E-state index contributed by atoms with van der Waals surface area (Å²) in [5.41, 5.74) is 3.56. The van der Waals surface area contributed by atoms with Gasteiger partial charge in [-0.3, -0.25) is 4.99 Å². The molecular formula is C23H30N4O2. The Labute approximate surface area is 172 Å². The summed E-state index contributed by atoms with van der Waals surface area (Å²) in [6, 6.07) is 14.2. The van der Waals surface area contributed by atoms with Crippen LogP contribution in [0.1, 0.15) is 30.5 Å². The highest BCUT2D eigenvalue weighted by Gasteiger charge is 2.14. The molecule has 3 N–H and O–H groups in total. The summed E-state index contributed by atoms with van der Waals surface area (Å²) in [5, 5.41) is 8.13. The molecule has 0 saturated carbocycles. The van der Waals surface area contributed by atoms with Crippen molar-refractivity contribution in [1.29, 1.82) is 0 Å². The van der Waals surface area contributed by atoms with Crippen LogP contribution >= 0.6 is 0 Å². The zero-order valence-corrected chi connectivity index (χ0v) is 17.6. The maximum absolute atomic E-state index is 5.50. The largest absolute Gasteiger partial charge is 0.497 e. The van der Waals surface area contributed by atoms with Gasteiger partial charge < -0.3 is 25.1 Å². The second-order valence-electron chi connectivity index (χ2n) is 6.94. The minimum Gasteiger partial charge on any atom is -0.497 e. The van der Waals surface area contributed by atoms with Crippen LogP contribution in [-0.4, -0.2) is 38.8 Å². The number of ether oxygens (including phenoxy) is 2. The number of hydrogen-bond donors (Lipinski definition) is 3. The van der Waals surface area contributed by atoms with Crippen LogP contribution in [0.4, 0.5) is 0 Å².